The maximum Gasteiger partial charge on any atom is 0.320 e. The molecule has 6 heteroatoms. The first-order valence-corrected chi connectivity index (χ1v) is 9.65. The summed E-state index contributed by atoms with van der Waals surface area (Å²) in [4.78, 5) is 25.5. The minimum Gasteiger partial charge on any atom is -0.350 e. The minimum atomic E-state index is -0.924. The van der Waals surface area contributed by atoms with Crippen LogP contribution in [0, 0.1) is 12.7 Å². The standard InChI is InChI=1S/C22H26FN3O2/c1-16-5-11-19(12-6-16)25-21(28)26-22(13-3-2-4-14-22)20(27)24-15-17-7-9-18(23)10-8-17/h5-12H,2-4,13-15H2,1H3,(H,24,27)(H2,25,26,28). The van der Waals surface area contributed by atoms with E-state index in [2.05, 4.69) is 16.0 Å². The lowest BCUT2D eigenvalue weighted by Gasteiger charge is -2.36. The largest absolute Gasteiger partial charge is 0.350 e. The summed E-state index contributed by atoms with van der Waals surface area (Å²) in [6.45, 7) is 2.27. The van der Waals surface area contributed by atoms with Crippen LogP contribution in [0.1, 0.15) is 43.2 Å². The van der Waals surface area contributed by atoms with Crippen LogP contribution >= 0.6 is 0 Å². The molecule has 0 bridgehead atoms. The van der Waals surface area contributed by atoms with Gasteiger partial charge in [-0.05, 0) is 49.6 Å². The van der Waals surface area contributed by atoms with Crippen LogP contribution < -0.4 is 16.0 Å². The van der Waals surface area contributed by atoms with Gasteiger partial charge >= 0.3 is 6.03 Å². The van der Waals surface area contributed by atoms with Crippen LogP contribution in [0.4, 0.5) is 14.9 Å². The Morgan fingerprint density at radius 2 is 1.61 bits per heavy atom. The molecule has 2 aromatic carbocycles. The summed E-state index contributed by atoms with van der Waals surface area (Å²) in [7, 11) is 0. The van der Waals surface area contributed by atoms with E-state index < -0.39 is 5.54 Å². The van der Waals surface area contributed by atoms with Gasteiger partial charge < -0.3 is 16.0 Å². The van der Waals surface area contributed by atoms with Crippen LogP contribution in [0.25, 0.3) is 0 Å². The highest BCUT2D eigenvalue weighted by molar-refractivity contribution is 5.96. The third kappa shape index (κ3) is 5.09. The van der Waals surface area contributed by atoms with E-state index in [1.54, 1.807) is 12.1 Å². The van der Waals surface area contributed by atoms with E-state index in [1.165, 1.54) is 12.1 Å². The van der Waals surface area contributed by atoms with E-state index in [9.17, 15) is 14.0 Å². The van der Waals surface area contributed by atoms with Gasteiger partial charge in [-0.2, -0.15) is 0 Å². The first-order valence-electron chi connectivity index (χ1n) is 9.65. The van der Waals surface area contributed by atoms with Crippen molar-refractivity contribution in [1.82, 2.24) is 10.6 Å². The fourth-order valence-corrected chi connectivity index (χ4v) is 3.53. The number of anilines is 1. The summed E-state index contributed by atoms with van der Waals surface area (Å²) in [5.41, 5.74) is 1.67. The van der Waals surface area contributed by atoms with Gasteiger partial charge in [0.2, 0.25) is 5.91 Å². The van der Waals surface area contributed by atoms with Gasteiger partial charge in [-0.1, -0.05) is 49.1 Å². The van der Waals surface area contributed by atoms with Crippen molar-refractivity contribution in [2.24, 2.45) is 0 Å². The quantitative estimate of drug-likeness (QED) is 0.721. The van der Waals surface area contributed by atoms with Crippen molar-refractivity contribution < 1.29 is 14.0 Å². The summed E-state index contributed by atoms with van der Waals surface area (Å²) >= 11 is 0. The smallest absolute Gasteiger partial charge is 0.320 e. The topological polar surface area (TPSA) is 70.2 Å². The Labute approximate surface area is 164 Å². The molecular weight excluding hydrogens is 357 g/mol. The molecular formula is C22H26FN3O2. The molecule has 0 radical (unpaired) electrons. The molecule has 2 aromatic rings. The lowest BCUT2D eigenvalue weighted by atomic mass is 9.81. The zero-order valence-corrected chi connectivity index (χ0v) is 16.1. The number of hydrogen-bond donors (Lipinski definition) is 3. The lowest BCUT2D eigenvalue weighted by Crippen LogP contribution is -2.60. The van der Waals surface area contributed by atoms with E-state index in [0.717, 1.165) is 30.4 Å². The average molecular weight is 383 g/mol. The summed E-state index contributed by atoms with van der Waals surface area (Å²) in [6.07, 6.45) is 4.02. The summed E-state index contributed by atoms with van der Waals surface area (Å²) in [5, 5.41) is 8.62. The molecule has 0 heterocycles. The van der Waals surface area contributed by atoms with E-state index in [0.29, 0.717) is 25.1 Å². The van der Waals surface area contributed by atoms with Gasteiger partial charge in [-0.3, -0.25) is 4.79 Å². The Hall–Kier alpha value is -2.89. The molecule has 5 nitrogen and oxygen atoms in total. The second-order valence-corrected chi connectivity index (χ2v) is 7.40. The van der Waals surface area contributed by atoms with Gasteiger partial charge in [0, 0.05) is 12.2 Å². The average Bonchev–Trinajstić information content (AvgIpc) is 2.69. The molecule has 28 heavy (non-hydrogen) atoms. The molecule has 0 unspecified atom stereocenters. The molecule has 0 aliphatic heterocycles. The third-order valence-corrected chi connectivity index (χ3v) is 5.17. The molecule has 1 aliphatic carbocycles. The molecule has 3 rings (SSSR count). The van der Waals surface area contributed by atoms with Crippen molar-refractivity contribution in [3.63, 3.8) is 0 Å². The van der Waals surface area contributed by atoms with Gasteiger partial charge in [-0.15, -0.1) is 0 Å². The van der Waals surface area contributed by atoms with Crippen LogP contribution in [0.15, 0.2) is 48.5 Å². The van der Waals surface area contributed by atoms with Gasteiger partial charge in [-0.25, -0.2) is 9.18 Å². The maximum atomic E-state index is 13.0. The fraction of sp³-hybridized carbons (Fsp3) is 0.364. The summed E-state index contributed by atoms with van der Waals surface area (Å²) in [6, 6.07) is 13.1. The van der Waals surface area contributed by atoms with Crippen molar-refractivity contribution in [1.29, 1.82) is 0 Å². The van der Waals surface area contributed by atoms with Crippen molar-refractivity contribution in [3.05, 3.63) is 65.5 Å². The Bertz CT molecular complexity index is 813. The minimum absolute atomic E-state index is 0.199. The van der Waals surface area contributed by atoms with E-state index in [1.807, 2.05) is 31.2 Å². The number of carbonyl (C=O) groups excluding carboxylic acids is 2. The van der Waals surface area contributed by atoms with Crippen LogP contribution in [0.2, 0.25) is 0 Å². The second kappa shape index (κ2) is 8.87. The third-order valence-electron chi connectivity index (χ3n) is 5.17. The molecule has 0 atom stereocenters. The predicted octanol–water partition coefficient (Wildman–Crippen LogP) is 4.27. The van der Waals surface area contributed by atoms with Crippen molar-refractivity contribution in [2.75, 3.05) is 5.32 Å². The molecule has 0 spiro atoms. The Balaban J connectivity index is 1.64. The number of rotatable bonds is 5. The molecule has 0 saturated heterocycles. The highest BCUT2D eigenvalue weighted by atomic mass is 19.1. The lowest BCUT2D eigenvalue weighted by molar-refractivity contribution is -0.128. The van der Waals surface area contributed by atoms with E-state index in [4.69, 9.17) is 0 Å². The molecule has 1 saturated carbocycles. The number of nitrogens with one attached hydrogen (secondary N) is 3. The molecule has 3 N–H and O–H groups in total. The first-order chi connectivity index (χ1) is 13.5. The van der Waals surface area contributed by atoms with Crippen molar-refractivity contribution in [2.45, 2.75) is 51.1 Å². The van der Waals surface area contributed by atoms with E-state index in [-0.39, 0.29) is 17.8 Å². The summed E-state index contributed by atoms with van der Waals surface area (Å²) in [5.74, 6) is -0.510. The number of urea groups is 1. The molecule has 1 aliphatic rings. The monoisotopic (exact) mass is 383 g/mol. The van der Waals surface area contributed by atoms with Gasteiger partial charge in [0.05, 0.1) is 0 Å². The normalized spacial score (nSPS) is 15.5. The molecule has 3 amide bonds. The van der Waals surface area contributed by atoms with Crippen LogP contribution in [0.3, 0.4) is 0 Å². The Morgan fingerprint density at radius 3 is 2.25 bits per heavy atom. The molecule has 148 valence electrons. The Kier molecular flexibility index (Phi) is 6.29. The second-order valence-electron chi connectivity index (χ2n) is 7.40. The van der Waals surface area contributed by atoms with Gasteiger partial charge in [0.1, 0.15) is 11.4 Å². The summed E-state index contributed by atoms with van der Waals surface area (Å²) < 4.78 is 13.0. The number of halogens is 1. The first kappa shape index (κ1) is 19.9. The van der Waals surface area contributed by atoms with Crippen molar-refractivity contribution >= 4 is 17.6 Å². The SMILES string of the molecule is Cc1ccc(NC(=O)NC2(C(=O)NCc3ccc(F)cc3)CCCCC2)cc1. The number of benzene rings is 2. The zero-order chi connectivity index (χ0) is 20.0. The van der Waals surface area contributed by atoms with Crippen LogP contribution in [-0.2, 0) is 11.3 Å². The van der Waals surface area contributed by atoms with Gasteiger partial charge in [0.25, 0.3) is 0 Å². The molecule has 1 fully saturated rings. The van der Waals surface area contributed by atoms with Crippen molar-refractivity contribution in [3.8, 4) is 0 Å². The van der Waals surface area contributed by atoms with Crippen LogP contribution in [0.5, 0.6) is 0 Å². The number of amides is 3. The predicted molar refractivity (Wildman–Crippen MR) is 107 cm³/mol. The Morgan fingerprint density at radius 1 is 0.964 bits per heavy atom. The molecule has 0 aromatic heterocycles. The number of aryl methyl sites for hydroxylation is 1. The van der Waals surface area contributed by atoms with E-state index >= 15 is 0 Å². The zero-order valence-electron chi connectivity index (χ0n) is 16.1. The highest BCUT2D eigenvalue weighted by Gasteiger charge is 2.40. The number of carbonyl (C=O) groups is 2. The fourth-order valence-electron chi connectivity index (χ4n) is 3.53. The van der Waals surface area contributed by atoms with Gasteiger partial charge in [0.15, 0.2) is 0 Å². The van der Waals surface area contributed by atoms with Crippen LogP contribution in [-0.4, -0.2) is 17.5 Å². The number of hydrogen-bond acceptors (Lipinski definition) is 2. The maximum absolute atomic E-state index is 13.0. The highest BCUT2D eigenvalue weighted by Crippen LogP contribution is 2.29.